The van der Waals surface area contributed by atoms with Crippen LogP contribution in [-0.2, 0) is 12.4 Å². The topological polar surface area (TPSA) is 52.0 Å². The van der Waals surface area contributed by atoms with Crippen LogP contribution in [0.2, 0.25) is 0 Å². The molecule has 0 bridgehead atoms. The van der Waals surface area contributed by atoms with E-state index in [0.29, 0.717) is 0 Å². The van der Waals surface area contributed by atoms with Gasteiger partial charge in [0.05, 0.1) is 11.1 Å². The van der Waals surface area contributed by atoms with Crippen LogP contribution in [0.1, 0.15) is 22.7 Å². The molecule has 1 rings (SSSR count). The van der Waals surface area contributed by atoms with E-state index < -0.39 is 47.4 Å². The standard InChI is InChI=1S/C10H9F7N2.ClH/c11-6-2-4(9(12,13)14)1-5(10(15,16)17)8(6)7(19)3-18;/h1-2,7H,3,18-19H2;1H/t7-;/m1./s1. The molecule has 0 unspecified atom stereocenters. The summed E-state index contributed by atoms with van der Waals surface area (Å²) in [5.74, 6) is -1.68. The highest BCUT2D eigenvalue weighted by Gasteiger charge is 2.40. The van der Waals surface area contributed by atoms with Crippen molar-refractivity contribution in [3.8, 4) is 0 Å². The van der Waals surface area contributed by atoms with Gasteiger partial charge >= 0.3 is 12.4 Å². The lowest BCUT2D eigenvalue weighted by Gasteiger charge is -2.20. The number of alkyl halides is 6. The van der Waals surface area contributed by atoms with Crippen LogP contribution in [0.15, 0.2) is 12.1 Å². The summed E-state index contributed by atoms with van der Waals surface area (Å²) in [6.45, 7) is -0.536. The number of nitrogens with two attached hydrogens (primary N) is 2. The fourth-order valence-corrected chi connectivity index (χ4v) is 1.51. The molecule has 0 saturated carbocycles. The summed E-state index contributed by atoms with van der Waals surface area (Å²) in [6, 6.07) is -1.74. The van der Waals surface area contributed by atoms with Crippen molar-refractivity contribution in [2.75, 3.05) is 6.54 Å². The normalized spacial score (nSPS) is 13.8. The first-order valence-corrected chi connectivity index (χ1v) is 4.92. The Morgan fingerprint density at radius 2 is 1.50 bits per heavy atom. The number of hydrogen-bond acceptors (Lipinski definition) is 2. The van der Waals surface area contributed by atoms with E-state index in [2.05, 4.69) is 0 Å². The highest BCUT2D eigenvalue weighted by atomic mass is 35.5. The highest BCUT2D eigenvalue weighted by molar-refractivity contribution is 5.85. The highest BCUT2D eigenvalue weighted by Crippen LogP contribution is 2.39. The minimum absolute atomic E-state index is 0. The van der Waals surface area contributed by atoms with Gasteiger partial charge in [-0.25, -0.2) is 4.39 Å². The van der Waals surface area contributed by atoms with Gasteiger partial charge in [-0.3, -0.25) is 0 Å². The fraction of sp³-hybridized carbons (Fsp3) is 0.400. The summed E-state index contributed by atoms with van der Waals surface area (Å²) >= 11 is 0. The van der Waals surface area contributed by atoms with E-state index >= 15 is 0 Å². The lowest BCUT2D eigenvalue weighted by atomic mass is 9.97. The molecule has 0 aliphatic carbocycles. The van der Waals surface area contributed by atoms with E-state index in [-0.39, 0.29) is 24.5 Å². The van der Waals surface area contributed by atoms with E-state index in [0.717, 1.165) is 0 Å². The van der Waals surface area contributed by atoms with Crippen molar-refractivity contribution in [2.24, 2.45) is 11.5 Å². The van der Waals surface area contributed by atoms with Crippen molar-refractivity contribution in [2.45, 2.75) is 18.4 Å². The first-order valence-electron chi connectivity index (χ1n) is 4.92. The number of benzene rings is 1. The fourth-order valence-electron chi connectivity index (χ4n) is 1.51. The van der Waals surface area contributed by atoms with Crippen LogP contribution in [0, 0.1) is 5.82 Å². The molecular weight excluding hydrogens is 317 g/mol. The molecule has 1 aromatic carbocycles. The monoisotopic (exact) mass is 326 g/mol. The van der Waals surface area contributed by atoms with Gasteiger partial charge in [0.2, 0.25) is 0 Å². The minimum atomic E-state index is -5.16. The second kappa shape index (κ2) is 6.15. The molecule has 0 amide bonds. The van der Waals surface area contributed by atoms with Crippen molar-refractivity contribution in [1.29, 1.82) is 0 Å². The van der Waals surface area contributed by atoms with Crippen molar-refractivity contribution < 1.29 is 30.7 Å². The molecule has 0 spiro atoms. The molecule has 10 heteroatoms. The third-order valence-electron chi connectivity index (χ3n) is 2.39. The summed E-state index contributed by atoms with van der Waals surface area (Å²) in [4.78, 5) is 0. The van der Waals surface area contributed by atoms with Crippen LogP contribution >= 0.6 is 12.4 Å². The molecule has 0 fully saturated rings. The third-order valence-corrected chi connectivity index (χ3v) is 2.39. The molecule has 0 radical (unpaired) electrons. The van der Waals surface area contributed by atoms with Gasteiger partial charge in [-0.05, 0) is 12.1 Å². The minimum Gasteiger partial charge on any atom is -0.329 e. The Bertz CT molecular complexity index is 470. The number of rotatable bonds is 2. The van der Waals surface area contributed by atoms with Gasteiger partial charge in [-0.15, -0.1) is 12.4 Å². The maximum atomic E-state index is 13.5. The second-order valence-electron chi connectivity index (χ2n) is 3.76. The average molecular weight is 327 g/mol. The molecule has 0 aliphatic heterocycles. The van der Waals surface area contributed by atoms with E-state index in [9.17, 15) is 30.7 Å². The zero-order chi connectivity index (χ0) is 15.0. The van der Waals surface area contributed by atoms with Crippen LogP contribution < -0.4 is 11.5 Å². The Morgan fingerprint density at radius 3 is 1.85 bits per heavy atom. The summed E-state index contributed by atoms with van der Waals surface area (Å²) in [7, 11) is 0. The van der Waals surface area contributed by atoms with Gasteiger partial charge in [-0.2, -0.15) is 26.3 Å². The lowest BCUT2D eigenvalue weighted by Crippen LogP contribution is -2.26. The maximum absolute atomic E-state index is 13.5. The number of halogens is 8. The van der Waals surface area contributed by atoms with Gasteiger partial charge in [0.25, 0.3) is 0 Å². The Labute approximate surface area is 115 Å². The summed E-state index contributed by atoms with van der Waals surface area (Å²) in [5, 5.41) is 0. The van der Waals surface area contributed by atoms with Gasteiger partial charge in [0.1, 0.15) is 5.82 Å². The zero-order valence-corrected chi connectivity index (χ0v) is 10.5. The van der Waals surface area contributed by atoms with Crippen molar-refractivity contribution >= 4 is 12.4 Å². The van der Waals surface area contributed by atoms with E-state index in [4.69, 9.17) is 11.5 Å². The van der Waals surface area contributed by atoms with Gasteiger partial charge in [0, 0.05) is 18.2 Å². The predicted octanol–water partition coefficient (Wildman–Crippen LogP) is 3.24. The molecule has 0 saturated heterocycles. The smallest absolute Gasteiger partial charge is 0.329 e. The van der Waals surface area contributed by atoms with Crippen molar-refractivity contribution in [3.63, 3.8) is 0 Å². The summed E-state index contributed by atoms with van der Waals surface area (Å²) < 4.78 is 88.5. The van der Waals surface area contributed by atoms with Crippen molar-refractivity contribution in [3.05, 3.63) is 34.6 Å². The van der Waals surface area contributed by atoms with Gasteiger partial charge in [0.15, 0.2) is 0 Å². The molecule has 1 atom stereocenters. The maximum Gasteiger partial charge on any atom is 0.416 e. The van der Waals surface area contributed by atoms with E-state index in [1.54, 1.807) is 0 Å². The molecular formula is C10H10ClF7N2. The van der Waals surface area contributed by atoms with Crippen LogP contribution in [0.4, 0.5) is 30.7 Å². The summed E-state index contributed by atoms with van der Waals surface area (Å²) in [6.07, 6.45) is -10.3. The first kappa shape index (κ1) is 18.9. The van der Waals surface area contributed by atoms with Crippen LogP contribution in [0.3, 0.4) is 0 Å². The Balaban J connectivity index is 0.00000361. The van der Waals surface area contributed by atoms with Crippen LogP contribution in [0.25, 0.3) is 0 Å². The third kappa shape index (κ3) is 3.97. The molecule has 20 heavy (non-hydrogen) atoms. The molecule has 0 aliphatic rings. The average Bonchev–Trinajstić information content (AvgIpc) is 2.24. The summed E-state index contributed by atoms with van der Waals surface area (Å²) in [5.41, 5.74) is 5.67. The Kier molecular flexibility index (Phi) is 5.82. The molecule has 116 valence electrons. The van der Waals surface area contributed by atoms with Crippen LogP contribution in [-0.4, -0.2) is 6.54 Å². The largest absolute Gasteiger partial charge is 0.416 e. The molecule has 2 nitrogen and oxygen atoms in total. The first-order chi connectivity index (χ1) is 8.48. The van der Waals surface area contributed by atoms with Crippen LogP contribution in [0.5, 0.6) is 0 Å². The molecule has 0 aromatic heterocycles. The zero-order valence-electron chi connectivity index (χ0n) is 9.65. The quantitative estimate of drug-likeness (QED) is 0.820. The Hall–Kier alpha value is -1.06. The molecule has 0 heterocycles. The predicted molar refractivity (Wildman–Crippen MR) is 59.6 cm³/mol. The van der Waals surface area contributed by atoms with Gasteiger partial charge in [-0.1, -0.05) is 0 Å². The SMILES string of the molecule is Cl.NC[C@@H](N)c1c(F)cc(C(F)(F)F)cc1C(F)(F)F. The lowest BCUT2D eigenvalue weighted by molar-refractivity contribution is -0.144. The second-order valence-corrected chi connectivity index (χ2v) is 3.76. The molecule has 1 aromatic rings. The van der Waals surface area contributed by atoms with E-state index in [1.165, 1.54) is 0 Å². The van der Waals surface area contributed by atoms with E-state index in [1.807, 2.05) is 0 Å². The molecule has 4 N–H and O–H groups in total. The van der Waals surface area contributed by atoms with Gasteiger partial charge < -0.3 is 11.5 Å². The Morgan fingerprint density at radius 1 is 1.00 bits per heavy atom. The number of hydrogen-bond donors (Lipinski definition) is 2. The van der Waals surface area contributed by atoms with Crippen molar-refractivity contribution in [1.82, 2.24) is 0 Å².